The molecule has 2 heterocycles. The summed E-state index contributed by atoms with van der Waals surface area (Å²) in [5, 5.41) is 0. The summed E-state index contributed by atoms with van der Waals surface area (Å²) >= 11 is 0. The minimum absolute atomic E-state index is 0.0314. The molecule has 1 aromatic rings. The van der Waals surface area contributed by atoms with E-state index >= 15 is 0 Å². The number of benzene rings is 1. The third kappa shape index (κ3) is 4.67. The average Bonchev–Trinajstić information content (AvgIpc) is 3.04. The highest BCUT2D eigenvalue weighted by atomic mass is 32.2. The Morgan fingerprint density at radius 2 is 1.93 bits per heavy atom. The van der Waals surface area contributed by atoms with Gasteiger partial charge >= 0.3 is 0 Å². The van der Waals surface area contributed by atoms with Crippen molar-refractivity contribution in [3.05, 3.63) is 23.8 Å². The zero-order valence-corrected chi connectivity index (χ0v) is 17.5. The van der Waals surface area contributed by atoms with Crippen molar-refractivity contribution < 1.29 is 22.7 Å². The Hall–Kier alpha value is -1.64. The molecule has 3 rings (SSSR count). The molecule has 156 valence electrons. The summed E-state index contributed by atoms with van der Waals surface area (Å²) < 4.78 is 38.7. The summed E-state index contributed by atoms with van der Waals surface area (Å²) in [6.45, 7) is 2.25. The van der Waals surface area contributed by atoms with E-state index in [9.17, 15) is 13.2 Å². The fraction of sp³-hybridized carbons (Fsp3) is 0.650. The van der Waals surface area contributed by atoms with Crippen LogP contribution < -0.4 is 4.74 Å². The van der Waals surface area contributed by atoms with Crippen LogP contribution in [0.15, 0.2) is 23.1 Å². The lowest BCUT2D eigenvalue weighted by molar-refractivity contribution is 0.0584. The van der Waals surface area contributed by atoms with E-state index in [1.165, 1.54) is 23.5 Å². The van der Waals surface area contributed by atoms with Gasteiger partial charge in [-0.15, -0.1) is 0 Å². The molecule has 1 unspecified atom stereocenters. The van der Waals surface area contributed by atoms with Crippen LogP contribution in [-0.4, -0.2) is 70.0 Å². The second kappa shape index (κ2) is 9.24. The second-order valence-electron chi connectivity index (χ2n) is 7.50. The maximum absolute atomic E-state index is 13.1. The van der Waals surface area contributed by atoms with Crippen LogP contribution in [0.2, 0.25) is 0 Å². The highest BCUT2D eigenvalue weighted by Crippen LogP contribution is 2.27. The van der Waals surface area contributed by atoms with Crippen LogP contribution in [0.5, 0.6) is 5.75 Å². The molecule has 2 fully saturated rings. The number of hydrogen-bond acceptors (Lipinski definition) is 5. The van der Waals surface area contributed by atoms with E-state index in [0.717, 1.165) is 45.1 Å². The zero-order valence-electron chi connectivity index (χ0n) is 16.7. The molecule has 0 radical (unpaired) electrons. The molecule has 28 heavy (non-hydrogen) atoms. The van der Waals surface area contributed by atoms with Crippen molar-refractivity contribution in [2.75, 3.05) is 40.4 Å². The van der Waals surface area contributed by atoms with Crippen molar-refractivity contribution in [3.8, 4) is 5.75 Å². The Morgan fingerprint density at radius 3 is 2.54 bits per heavy atom. The number of rotatable bonds is 6. The van der Waals surface area contributed by atoms with E-state index in [1.807, 2.05) is 0 Å². The summed E-state index contributed by atoms with van der Waals surface area (Å²) in [7, 11) is -0.443. The van der Waals surface area contributed by atoms with Gasteiger partial charge in [0.2, 0.25) is 10.0 Å². The van der Waals surface area contributed by atoms with E-state index < -0.39 is 10.0 Å². The number of hydrogen-bond donors (Lipinski definition) is 0. The maximum atomic E-state index is 13.1. The van der Waals surface area contributed by atoms with E-state index in [0.29, 0.717) is 25.4 Å². The van der Waals surface area contributed by atoms with Gasteiger partial charge in [0, 0.05) is 33.3 Å². The minimum atomic E-state index is -3.63. The topological polar surface area (TPSA) is 76.2 Å². The van der Waals surface area contributed by atoms with Gasteiger partial charge in [-0.1, -0.05) is 12.8 Å². The van der Waals surface area contributed by atoms with Crippen LogP contribution in [0.25, 0.3) is 0 Å². The predicted octanol–water partition coefficient (Wildman–Crippen LogP) is 2.51. The molecule has 7 nitrogen and oxygen atoms in total. The van der Waals surface area contributed by atoms with Gasteiger partial charge in [-0.2, -0.15) is 4.31 Å². The standard InChI is InChI=1S/C20H30N2O5S/c1-21(15-16-8-7-13-27-16)20(23)18-14-17(9-10-19(18)26-2)28(24,25)22-11-5-3-4-6-12-22/h9-10,14,16H,3-8,11-13,15H2,1-2H3. The Bertz CT molecular complexity index is 782. The third-order valence-electron chi connectivity index (χ3n) is 5.45. The van der Waals surface area contributed by atoms with E-state index in [1.54, 1.807) is 18.0 Å². The Morgan fingerprint density at radius 1 is 1.21 bits per heavy atom. The van der Waals surface area contributed by atoms with Gasteiger partial charge in [-0.25, -0.2) is 8.42 Å². The van der Waals surface area contributed by atoms with Crippen molar-refractivity contribution >= 4 is 15.9 Å². The Balaban J connectivity index is 1.85. The van der Waals surface area contributed by atoms with Gasteiger partial charge in [0.1, 0.15) is 5.75 Å². The quantitative estimate of drug-likeness (QED) is 0.720. The van der Waals surface area contributed by atoms with Crippen LogP contribution in [0, 0.1) is 0 Å². The third-order valence-corrected chi connectivity index (χ3v) is 7.35. The number of amides is 1. The fourth-order valence-electron chi connectivity index (χ4n) is 3.83. The molecular weight excluding hydrogens is 380 g/mol. The number of carbonyl (C=O) groups excluding carboxylic acids is 1. The van der Waals surface area contributed by atoms with Crippen molar-refractivity contribution in [3.63, 3.8) is 0 Å². The fourth-order valence-corrected chi connectivity index (χ4v) is 5.37. The van der Waals surface area contributed by atoms with Gasteiger partial charge in [0.25, 0.3) is 5.91 Å². The van der Waals surface area contributed by atoms with Gasteiger partial charge in [0.05, 0.1) is 23.7 Å². The van der Waals surface area contributed by atoms with Gasteiger partial charge in [-0.3, -0.25) is 4.79 Å². The summed E-state index contributed by atoms with van der Waals surface area (Å²) in [6.07, 6.45) is 5.79. The van der Waals surface area contributed by atoms with Crippen molar-refractivity contribution in [1.29, 1.82) is 0 Å². The first-order chi connectivity index (χ1) is 13.4. The number of nitrogens with zero attached hydrogens (tertiary/aromatic N) is 2. The number of ether oxygens (including phenoxy) is 2. The van der Waals surface area contributed by atoms with E-state index in [-0.39, 0.29) is 22.5 Å². The number of likely N-dealkylation sites (N-methyl/N-ethyl adjacent to an activating group) is 1. The SMILES string of the molecule is COc1ccc(S(=O)(=O)N2CCCCCC2)cc1C(=O)N(C)CC1CCCO1. The monoisotopic (exact) mass is 410 g/mol. The van der Waals surface area contributed by atoms with Crippen molar-refractivity contribution in [2.45, 2.75) is 49.5 Å². The molecule has 2 aliphatic rings. The van der Waals surface area contributed by atoms with Crippen molar-refractivity contribution in [2.24, 2.45) is 0 Å². The highest BCUT2D eigenvalue weighted by Gasteiger charge is 2.28. The smallest absolute Gasteiger partial charge is 0.257 e. The molecule has 0 bridgehead atoms. The predicted molar refractivity (Wildman–Crippen MR) is 106 cm³/mol. The van der Waals surface area contributed by atoms with E-state index in [2.05, 4.69) is 0 Å². The Kier molecular flexibility index (Phi) is 6.95. The number of methoxy groups -OCH3 is 1. The molecule has 2 saturated heterocycles. The lowest BCUT2D eigenvalue weighted by Gasteiger charge is -2.23. The van der Waals surface area contributed by atoms with Gasteiger partial charge in [-0.05, 0) is 43.9 Å². The molecule has 0 aliphatic carbocycles. The molecule has 0 aromatic heterocycles. The second-order valence-corrected chi connectivity index (χ2v) is 9.44. The molecule has 1 amide bonds. The molecular formula is C20H30N2O5S. The molecule has 1 aromatic carbocycles. The normalized spacial score (nSPS) is 21.3. The van der Waals surface area contributed by atoms with Gasteiger partial charge < -0.3 is 14.4 Å². The summed E-state index contributed by atoms with van der Waals surface area (Å²) in [6, 6.07) is 4.54. The first kappa shape index (κ1) is 21.1. The summed E-state index contributed by atoms with van der Waals surface area (Å²) in [5.41, 5.74) is 0.263. The first-order valence-corrected chi connectivity index (χ1v) is 11.4. The van der Waals surface area contributed by atoms with Crippen LogP contribution in [0.3, 0.4) is 0 Å². The van der Waals surface area contributed by atoms with Crippen LogP contribution in [-0.2, 0) is 14.8 Å². The highest BCUT2D eigenvalue weighted by molar-refractivity contribution is 7.89. The average molecular weight is 411 g/mol. The summed E-state index contributed by atoms with van der Waals surface area (Å²) in [4.78, 5) is 14.7. The minimum Gasteiger partial charge on any atom is -0.496 e. The van der Waals surface area contributed by atoms with Crippen LogP contribution in [0.1, 0.15) is 48.9 Å². The van der Waals surface area contributed by atoms with Crippen LogP contribution in [0.4, 0.5) is 0 Å². The molecule has 0 spiro atoms. The van der Waals surface area contributed by atoms with Crippen molar-refractivity contribution in [1.82, 2.24) is 9.21 Å². The van der Waals surface area contributed by atoms with E-state index in [4.69, 9.17) is 9.47 Å². The largest absolute Gasteiger partial charge is 0.496 e. The molecule has 0 saturated carbocycles. The number of carbonyl (C=O) groups is 1. The Labute approximate surface area is 167 Å². The first-order valence-electron chi connectivity index (χ1n) is 9.98. The van der Waals surface area contributed by atoms with Crippen LogP contribution >= 0.6 is 0 Å². The van der Waals surface area contributed by atoms with Gasteiger partial charge in [0.15, 0.2) is 0 Å². The maximum Gasteiger partial charge on any atom is 0.257 e. The zero-order chi connectivity index (χ0) is 20.1. The molecule has 2 aliphatic heterocycles. The molecule has 1 atom stereocenters. The summed E-state index contributed by atoms with van der Waals surface area (Å²) in [5.74, 6) is 0.110. The lowest BCUT2D eigenvalue weighted by atomic mass is 10.1. The molecule has 0 N–H and O–H groups in total. The lowest BCUT2D eigenvalue weighted by Crippen LogP contribution is -2.35. The number of sulfonamides is 1. The molecule has 8 heteroatoms.